The summed E-state index contributed by atoms with van der Waals surface area (Å²) in [7, 11) is 1.32. The Morgan fingerprint density at radius 1 is 1.29 bits per heavy atom. The molecular weight excluding hydrogens is 276 g/mol. The maximum atomic E-state index is 12.2. The molecule has 0 aliphatic carbocycles. The van der Waals surface area contributed by atoms with E-state index in [-0.39, 0.29) is 24.3 Å². The fourth-order valence-corrected chi connectivity index (χ4v) is 2.45. The van der Waals surface area contributed by atoms with Crippen molar-refractivity contribution in [2.45, 2.75) is 33.7 Å². The minimum atomic E-state index is -1.08. The molecule has 1 aliphatic heterocycles. The van der Waals surface area contributed by atoms with E-state index in [1.807, 2.05) is 6.92 Å². The number of aliphatic carboxylic acids is 1. The van der Waals surface area contributed by atoms with Crippen LogP contribution in [0.3, 0.4) is 0 Å². The van der Waals surface area contributed by atoms with Gasteiger partial charge in [-0.15, -0.1) is 0 Å². The Labute approximate surface area is 124 Å². The van der Waals surface area contributed by atoms with Crippen LogP contribution in [0.2, 0.25) is 0 Å². The fourth-order valence-electron chi connectivity index (χ4n) is 2.45. The van der Waals surface area contributed by atoms with Gasteiger partial charge in [0.25, 0.3) is 0 Å². The average Bonchev–Trinajstić information content (AvgIpc) is 2.75. The predicted molar refractivity (Wildman–Crippen MR) is 75.7 cm³/mol. The molecule has 3 atom stereocenters. The summed E-state index contributed by atoms with van der Waals surface area (Å²) in [5.41, 5.74) is -0.603. The van der Waals surface area contributed by atoms with Crippen LogP contribution in [0.25, 0.3) is 0 Å². The van der Waals surface area contributed by atoms with Crippen LogP contribution in [0.15, 0.2) is 0 Å². The number of amides is 2. The van der Waals surface area contributed by atoms with Gasteiger partial charge in [-0.05, 0) is 11.3 Å². The first-order chi connectivity index (χ1) is 9.57. The Balaban J connectivity index is 2.73. The molecule has 1 rings (SSSR count). The van der Waals surface area contributed by atoms with Crippen molar-refractivity contribution in [3.8, 4) is 0 Å². The predicted octanol–water partition coefficient (Wildman–Crippen LogP) is 0.936. The van der Waals surface area contributed by atoms with E-state index in [0.717, 1.165) is 0 Å². The van der Waals surface area contributed by atoms with Crippen LogP contribution in [0.4, 0.5) is 4.79 Å². The largest absolute Gasteiger partial charge is 0.480 e. The standard InChI is InChI=1S/C14H24N2O5/c1-8-6-16(7-9(8)12(19)21-5)13(20)15-10(11(17)18)14(2,3)4/h8-10H,6-7H2,1-5H3,(H,15,20)(H,17,18). The van der Waals surface area contributed by atoms with Crippen molar-refractivity contribution >= 4 is 18.0 Å². The molecule has 3 unspecified atom stereocenters. The van der Waals surface area contributed by atoms with Crippen LogP contribution in [0, 0.1) is 17.3 Å². The molecule has 7 nitrogen and oxygen atoms in total. The maximum absolute atomic E-state index is 12.2. The van der Waals surface area contributed by atoms with E-state index in [1.54, 1.807) is 20.8 Å². The third-order valence-electron chi connectivity index (χ3n) is 3.78. The Kier molecular flexibility index (Phi) is 5.20. The van der Waals surface area contributed by atoms with Crippen molar-refractivity contribution in [3.05, 3.63) is 0 Å². The number of hydrogen-bond donors (Lipinski definition) is 2. The average molecular weight is 300 g/mol. The smallest absolute Gasteiger partial charge is 0.326 e. The Hall–Kier alpha value is -1.79. The second-order valence-electron chi connectivity index (χ2n) is 6.60. The minimum absolute atomic E-state index is 0.0129. The summed E-state index contributed by atoms with van der Waals surface area (Å²) in [6.45, 7) is 7.76. The second-order valence-corrected chi connectivity index (χ2v) is 6.60. The quantitative estimate of drug-likeness (QED) is 0.756. The highest BCUT2D eigenvalue weighted by Crippen LogP contribution is 2.25. The molecule has 1 heterocycles. The topological polar surface area (TPSA) is 95.9 Å². The zero-order valence-corrected chi connectivity index (χ0v) is 13.2. The molecular formula is C14H24N2O5. The molecule has 7 heteroatoms. The summed E-state index contributed by atoms with van der Waals surface area (Å²) in [5.74, 6) is -1.80. The molecule has 1 saturated heterocycles. The van der Waals surface area contributed by atoms with E-state index >= 15 is 0 Å². The van der Waals surface area contributed by atoms with Gasteiger partial charge in [-0.25, -0.2) is 9.59 Å². The molecule has 21 heavy (non-hydrogen) atoms. The number of nitrogens with zero attached hydrogens (tertiary/aromatic N) is 1. The van der Waals surface area contributed by atoms with Gasteiger partial charge in [-0.2, -0.15) is 0 Å². The number of rotatable bonds is 3. The molecule has 0 aromatic carbocycles. The number of carbonyl (C=O) groups is 3. The number of hydrogen-bond acceptors (Lipinski definition) is 4. The first kappa shape index (κ1) is 17.3. The lowest BCUT2D eigenvalue weighted by atomic mass is 9.87. The summed E-state index contributed by atoms with van der Waals surface area (Å²) in [5, 5.41) is 11.8. The molecule has 2 amide bonds. The molecule has 0 saturated carbocycles. The zero-order chi connectivity index (χ0) is 16.4. The lowest BCUT2D eigenvalue weighted by molar-refractivity contribution is -0.146. The maximum Gasteiger partial charge on any atom is 0.326 e. The molecule has 0 spiro atoms. The molecule has 0 radical (unpaired) electrons. The molecule has 120 valence electrons. The molecule has 0 aromatic rings. The first-order valence-electron chi connectivity index (χ1n) is 6.94. The number of likely N-dealkylation sites (tertiary alicyclic amines) is 1. The van der Waals surface area contributed by atoms with Crippen molar-refractivity contribution in [1.82, 2.24) is 10.2 Å². The van der Waals surface area contributed by atoms with Gasteiger partial charge in [0.1, 0.15) is 6.04 Å². The van der Waals surface area contributed by atoms with E-state index in [4.69, 9.17) is 4.74 Å². The van der Waals surface area contributed by atoms with Crippen molar-refractivity contribution in [2.24, 2.45) is 17.3 Å². The number of urea groups is 1. The van der Waals surface area contributed by atoms with E-state index in [1.165, 1.54) is 12.0 Å². The summed E-state index contributed by atoms with van der Waals surface area (Å²) >= 11 is 0. The highest BCUT2D eigenvalue weighted by atomic mass is 16.5. The van der Waals surface area contributed by atoms with Crippen LogP contribution in [-0.4, -0.2) is 54.2 Å². The van der Waals surface area contributed by atoms with Crippen LogP contribution in [0.5, 0.6) is 0 Å². The number of nitrogens with one attached hydrogen (secondary N) is 1. The fraction of sp³-hybridized carbons (Fsp3) is 0.786. The van der Waals surface area contributed by atoms with Gasteiger partial charge in [0, 0.05) is 13.1 Å². The van der Waals surface area contributed by atoms with E-state index in [9.17, 15) is 19.5 Å². The number of methoxy groups -OCH3 is 1. The van der Waals surface area contributed by atoms with Crippen LogP contribution in [0.1, 0.15) is 27.7 Å². The van der Waals surface area contributed by atoms with E-state index in [2.05, 4.69) is 5.32 Å². The van der Waals surface area contributed by atoms with Gasteiger partial charge >= 0.3 is 18.0 Å². The van der Waals surface area contributed by atoms with Crippen LogP contribution < -0.4 is 5.32 Å². The molecule has 2 N–H and O–H groups in total. The van der Waals surface area contributed by atoms with Gasteiger partial charge in [0.15, 0.2) is 0 Å². The number of ether oxygens (including phenoxy) is 1. The summed E-state index contributed by atoms with van der Waals surface area (Å²) < 4.78 is 4.71. The van der Waals surface area contributed by atoms with Crippen molar-refractivity contribution in [1.29, 1.82) is 0 Å². The number of esters is 1. The Morgan fingerprint density at radius 2 is 1.86 bits per heavy atom. The zero-order valence-electron chi connectivity index (χ0n) is 13.2. The number of carbonyl (C=O) groups excluding carboxylic acids is 2. The molecule has 0 aromatic heterocycles. The van der Waals surface area contributed by atoms with Crippen LogP contribution >= 0.6 is 0 Å². The van der Waals surface area contributed by atoms with Gasteiger partial charge in [-0.3, -0.25) is 4.79 Å². The van der Waals surface area contributed by atoms with Crippen molar-refractivity contribution < 1.29 is 24.2 Å². The Bertz CT molecular complexity index is 430. The third kappa shape index (κ3) is 4.09. The second kappa shape index (κ2) is 6.32. The Morgan fingerprint density at radius 3 is 2.29 bits per heavy atom. The van der Waals surface area contributed by atoms with Gasteiger partial charge in [0.2, 0.25) is 0 Å². The van der Waals surface area contributed by atoms with Gasteiger partial charge < -0.3 is 20.1 Å². The highest BCUT2D eigenvalue weighted by molar-refractivity contribution is 5.84. The van der Waals surface area contributed by atoms with Crippen LogP contribution in [-0.2, 0) is 14.3 Å². The van der Waals surface area contributed by atoms with E-state index < -0.39 is 23.5 Å². The van der Waals surface area contributed by atoms with Gasteiger partial charge in [-0.1, -0.05) is 27.7 Å². The third-order valence-corrected chi connectivity index (χ3v) is 3.78. The normalized spacial score (nSPS) is 23.6. The summed E-state index contributed by atoms with van der Waals surface area (Å²) in [4.78, 5) is 36.6. The van der Waals surface area contributed by atoms with Gasteiger partial charge in [0.05, 0.1) is 13.0 Å². The molecule has 0 bridgehead atoms. The molecule has 1 fully saturated rings. The van der Waals surface area contributed by atoms with E-state index in [0.29, 0.717) is 6.54 Å². The lowest BCUT2D eigenvalue weighted by Crippen LogP contribution is -2.53. The first-order valence-corrected chi connectivity index (χ1v) is 6.94. The number of carboxylic acid groups (broad SMARTS) is 1. The van der Waals surface area contributed by atoms with Crippen molar-refractivity contribution in [3.63, 3.8) is 0 Å². The summed E-state index contributed by atoms with van der Waals surface area (Å²) in [6.07, 6.45) is 0. The van der Waals surface area contributed by atoms with Crippen molar-refractivity contribution in [2.75, 3.05) is 20.2 Å². The number of carboxylic acids is 1. The highest BCUT2D eigenvalue weighted by Gasteiger charge is 2.40. The SMILES string of the molecule is COC(=O)C1CN(C(=O)NC(C(=O)O)C(C)(C)C)CC1C. The molecule has 1 aliphatic rings. The summed E-state index contributed by atoms with van der Waals surface area (Å²) in [6, 6.07) is -1.45. The monoisotopic (exact) mass is 300 g/mol. The lowest BCUT2D eigenvalue weighted by Gasteiger charge is -2.29. The minimum Gasteiger partial charge on any atom is -0.480 e.